The normalized spacial score (nSPS) is 14.6. The van der Waals surface area contributed by atoms with E-state index in [-0.39, 0.29) is 0 Å². The summed E-state index contributed by atoms with van der Waals surface area (Å²) in [6.45, 7) is 5.24. The number of halogens is 2. The average Bonchev–Trinajstić information content (AvgIpc) is 2.23. The van der Waals surface area contributed by atoms with Crippen LogP contribution in [0.3, 0.4) is 0 Å². The van der Waals surface area contributed by atoms with Crippen LogP contribution in [0.1, 0.15) is 32.3 Å². The van der Waals surface area contributed by atoms with Gasteiger partial charge in [0.15, 0.2) is 0 Å². The van der Waals surface area contributed by atoms with E-state index in [0.29, 0.717) is 18.1 Å². The molecule has 0 aliphatic heterocycles. The molecule has 0 radical (unpaired) electrons. The summed E-state index contributed by atoms with van der Waals surface area (Å²) < 4.78 is 0.904. The van der Waals surface area contributed by atoms with Crippen LogP contribution in [0.5, 0.6) is 0 Å². The maximum atomic E-state index is 10.00. The summed E-state index contributed by atoms with van der Waals surface area (Å²) in [6, 6.07) is 5.87. The molecule has 17 heavy (non-hydrogen) atoms. The number of aliphatic hydroxyl groups is 1. The monoisotopic (exact) mass is 319 g/mol. The van der Waals surface area contributed by atoms with Crippen LogP contribution in [0.2, 0.25) is 5.02 Å². The van der Waals surface area contributed by atoms with Gasteiger partial charge in [0.25, 0.3) is 0 Å². The number of nitrogens with one attached hydrogen (secondary N) is 1. The third kappa shape index (κ3) is 5.38. The zero-order chi connectivity index (χ0) is 12.9. The van der Waals surface area contributed by atoms with Gasteiger partial charge in [0.2, 0.25) is 0 Å². The molecule has 0 fully saturated rings. The molecule has 0 heterocycles. The van der Waals surface area contributed by atoms with Gasteiger partial charge in [-0.1, -0.05) is 31.0 Å². The quantitative estimate of drug-likeness (QED) is 0.837. The highest BCUT2D eigenvalue weighted by molar-refractivity contribution is 9.10. The van der Waals surface area contributed by atoms with Crippen molar-refractivity contribution in [2.45, 2.75) is 38.8 Å². The highest BCUT2D eigenvalue weighted by Crippen LogP contribution is 2.23. The summed E-state index contributed by atoms with van der Waals surface area (Å²) >= 11 is 9.37. The molecule has 2 N–H and O–H groups in total. The number of hydrogen-bond donors (Lipinski definition) is 2. The van der Waals surface area contributed by atoms with Crippen molar-refractivity contribution in [2.24, 2.45) is 0 Å². The van der Waals surface area contributed by atoms with Crippen molar-refractivity contribution in [3.63, 3.8) is 0 Å². The van der Waals surface area contributed by atoms with E-state index >= 15 is 0 Å². The van der Waals surface area contributed by atoms with Crippen LogP contribution in [0.25, 0.3) is 0 Å². The van der Waals surface area contributed by atoms with Crippen LogP contribution in [0.4, 0.5) is 0 Å². The van der Waals surface area contributed by atoms with Gasteiger partial charge in [-0.15, -0.1) is 0 Å². The van der Waals surface area contributed by atoms with Crippen molar-refractivity contribution in [1.82, 2.24) is 5.32 Å². The summed E-state index contributed by atoms with van der Waals surface area (Å²) in [5, 5.41) is 14.0. The Kier molecular flexibility index (Phi) is 5.93. The lowest BCUT2D eigenvalue weighted by Gasteiger charge is -2.23. The van der Waals surface area contributed by atoms with Gasteiger partial charge >= 0.3 is 0 Å². The fourth-order valence-electron chi connectivity index (χ4n) is 1.75. The fourth-order valence-corrected chi connectivity index (χ4v) is 2.20. The minimum absolute atomic E-state index is 0.592. The predicted octanol–water partition coefficient (Wildman–Crippen LogP) is 3.74. The molecule has 1 rings (SSSR count). The largest absolute Gasteiger partial charge is 0.389 e. The van der Waals surface area contributed by atoms with E-state index in [1.54, 1.807) is 0 Å². The van der Waals surface area contributed by atoms with Crippen LogP contribution in [-0.2, 0) is 6.54 Å². The molecule has 2 nitrogen and oxygen atoms in total. The number of hydrogen-bond acceptors (Lipinski definition) is 2. The van der Waals surface area contributed by atoms with E-state index in [1.165, 1.54) is 0 Å². The number of rotatable bonds is 6. The first-order valence-corrected chi connectivity index (χ1v) is 6.99. The lowest BCUT2D eigenvalue weighted by molar-refractivity contribution is 0.0498. The van der Waals surface area contributed by atoms with Crippen LogP contribution >= 0.6 is 27.5 Å². The van der Waals surface area contributed by atoms with Crippen LogP contribution in [-0.4, -0.2) is 17.3 Å². The van der Waals surface area contributed by atoms with Gasteiger partial charge in [-0.05, 0) is 47.0 Å². The second-order valence-electron chi connectivity index (χ2n) is 4.60. The van der Waals surface area contributed by atoms with Crippen molar-refractivity contribution in [1.29, 1.82) is 0 Å². The lowest BCUT2D eigenvalue weighted by Crippen LogP contribution is -2.37. The molecule has 1 aromatic carbocycles. The van der Waals surface area contributed by atoms with Crippen molar-refractivity contribution in [3.05, 3.63) is 33.3 Å². The van der Waals surface area contributed by atoms with E-state index in [0.717, 1.165) is 22.9 Å². The molecule has 1 atom stereocenters. The highest BCUT2D eigenvalue weighted by Gasteiger charge is 2.17. The van der Waals surface area contributed by atoms with Crippen LogP contribution < -0.4 is 5.32 Å². The molecule has 0 aromatic heterocycles. The molecule has 0 saturated heterocycles. The smallest absolute Gasteiger partial charge is 0.0743 e. The van der Waals surface area contributed by atoms with Crippen LogP contribution in [0.15, 0.2) is 22.7 Å². The maximum absolute atomic E-state index is 10.00. The Morgan fingerprint density at radius 2 is 2.18 bits per heavy atom. The van der Waals surface area contributed by atoms with Crippen molar-refractivity contribution in [3.8, 4) is 0 Å². The van der Waals surface area contributed by atoms with Gasteiger partial charge in [-0.25, -0.2) is 0 Å². The Hall–Kier alpha value is -0.0900. The van der Waals surface area contributed by atoms with E-state index in [9.17, 15) is 5.11 Å². The first kappa shape index (κ1) is 15.0. The molecular weight excluding hydrogens is 302 g/mol. The first-order valence-electron chi connectivity index (χ1n) is 5.81. The van der Waals surface area contributed by atoms with Gasteiger partial charge in [-0.2, -0.15) is 0 Å². The van der Waals surface area contributed by atoms with Crippen molar-refractivity contribution < 1.29 is 5.11 Å². The fraction of sp³-hybridized carbons (Fsp3) is 0.538. The Labute approximate surface area is 117 Å². The summed E-state index contributed by atoms with van der Waals surface area (Å²) in [7, 11) is 0. The molecule has 0 spiro atoms. The molecule has 0 saturated carbocycles. The molecule has 1 aromatic rings. The molecule has 1 unspecified atom stereocenters. The number of benzene rings is 1. The SMILES string of the molecule is CCCC(C)(O)CNCc1ccc(Br)c(Cl)c1. The highest BCUT2D eigenvalue weighted by atomic mass is 79.9. The molecule has 4 heteroatoms. The molecule has 0 aliphatic rings. The molecule has 96 valence electrons. The minimum Gasteiger partial charge on any atom is -0.389 e. The van der Waals surface area contributed by atoms with Crippen molar-refractivity contribution in [2.75, 3.05) is 6.54 Å². The average molecular weight is 321 g/mol. The third-order valence-corrected chi connectivity index (χ3v) is 3.84. The van der Waals surface area contributed by atoms with Gasteiger partial charge < -0.3 is 10.4 Å². The second kappa shape index (κ2) is 6.74. The standard InChI is InChI=1S/C13H19BrClNO/c1-3-6-13(2,17)9-16-8-10-4-5-11(14)12(15)7-10/h4-5,7,16-17H,3,6,8-9H2,1-2H3. The Morgan fingerprint density at radius 3 is 2.76 bits per heavy atom. The van der Waals surface area contributed by atoms with Gasteiger partial charge in [0.1, 0.15) is 0 Å². The molecule has 0 bridgehead atoms. The molecule has 0 aliphatic carbocycles. The van der Waals surface area contributed by atoms with E-state index in [4.69, 9.17) is 11.6 Å². The second-order valence-corrected chi connectivity index (χ2v) is 5.86. The zero-order valence-electron chi connectivity index (χ0n) is 10.3. The Bertz CT molecular complexity index is 368. The van der Waals surface area contributed by atoms with E-state index in [2.05, 4.69) is 28.2 Å². The Balaban J connectivity index is 2.43. The van der Waals surface area contributed by atoms with E-state index in [1.807, 2.05) is 25.1 Å². The molecular formula is C13H19BrClNO. The predicted molar refractivity (Wildman–Crippen MR) is 76.4 cm³/mol. The summed E-state index contributed by atoms with van der Waals surface area (Å²) in [6.07, 6.45) is 1.79. The topological polar surface area (TPSA) is 32.3 Å². The molecule has 0 amide bonds. The summed E-state index contributed by atoms with van der Waals surface area (Å²) in [5.41, 5.74) is 0.485. The van der Waals surface area contributed by atoms with Gasteiger partial charge in [0, 0.05) is 17.6 Å². The van der Waals surface area contributed by atoms with E-state index < -0.39 is 5.60 Å². The van der Waals surface area contributed by atoms with Crippen molar-refractivity contribution >= 4 is 27.5 Å². The lowest BCUT2D eigenvalue weighted by atomic mass is 10.0. The minimum atomic E-state index is -0.631. The first-order chi connectivity index (χ1) is 7.94. The van der Waals surface area contributed by atoms with Crippen LogP contribution in [0, 0.1) is 0 Å². The Morgan fingerprint density at radius 1 is 1.47 bits per heavy atom. The summed E-state index contributed by atoms with van der Waals surface area (Å²) in [5.74, 6) is 0. The third-order valence-electron chi connectivity index (χ3n) is 2.61. The van der Waals surface area contributed by atoms with Gasteiger partial charge in [0.05, 0.1) is 10.6 Å². The maximum Gasteiger partial charge on any atom is 0.0743 e. The van der Waals surface area contributed by atoms with Gasteiger partial charge in [-0.3, -0.25) is 0 Å². The zero-order valence-corrected chi connectivity index (χ0v) is 12.6. The summed E-state index contributed by atoms with van der Waals surface area (Å²) in [4.78, 5) is 0.